The number of allylic oxidation sites excluding steroid dienone is 2. The lowest BCUT2D eigenvalue weighted by Gasteiger charge is -2.22. The second-order valence-electron chi connectivity index (χ2n) is 23.9. The van der Waals surface area contributed by atoms with E-state index in [1.54, 1.807) is 0 Å². The Morgan fingerprint density at radius 2 is 0.627 bits per heavy atom. The van der Waals surface area contributed by atoms with Crippen molar-refractivity contribution in [2.75, 3.05) is 13.2 Å². The summed E-state index contributed by atoms with van der Waals surface area (Å²) in [4.78, 5) is 24.6. The van der Waals surface area contributed by atoms with E-state index in [1.807, 2.05) is 0 Å². The predicted molar refractivity (Wildman–Crippen MR) is 329 cm³/mol. The van der Waals surface area contributed by atoms with Crippen LogP contribution in [-0.2, 0) is 14.3 Å². The molecule has 0 radical (unpaired) electrons. The molecule has 0 saturated carbocycles. The van der Waals surface area contributed by atoms with E-state index in [1.165, 1.54) is 315 Å². The summed E-state index contributed by atoms with van der Waals surface area (Å²) in [7, 11) is 0. The van der Waals surface area contributed by atoms with Crippen molar-refractivity contribution >= 4 is 11.9 Å². The molecule has 0 rings (SSSR count). The molecule has 0 aromatic rings. The van der Waals surface area contributed by atoms with Crippen molar-refractivity contribution in [3.05, 3.63) is 12.2 Å². The van der Waals surface area contributed by atoms with Crippen LogP contribution in [0, 0.1) is 0 Å². The Bertz CT molecular complexity index is 1130. The predicted octanol–water partition coefficient (Wildman–Crippen LogP) is 22.0. The maximum Gasteiger partial charge on any atom is 0.305 e. The van der Waals surface area contributed by atoms with Gasteiger partial charge in [-0.05, 0) is 51.4 Å². The fourth-order valence-electron chi connectivity index (χ4n) is 11.1. The Hall–Kier alpha value is -1.40. The van der Waals surface area contributed by atoms with Crippen LogP contribution in [0.2, 0.25) is 0 Å². The molecule has 0 spiro atoms. The molecule has 0 heterocycles. The van der Waals surface area contributed by atoms with Gasteiger partial charge in [0, 0.05) is 12.8 Å². The second kappa shape index (κ2) is 65.1. The zero-order valence-electron chi connectivity index (χ0n) is 51.1. The number of hydrogen-bond donors (Lipinski definition) is 3. The normalized spacial score (nSPS) is 12.5. The number of amides is 1. The maximum absolute atomic E-state index is 12.5. The van der Waals surface area contributed by atoms with Crippen molar-refractivity contribution in [3.63, 3.8) is 0 Å². The van der Waals surface area contributed by atoms with Crippen LogP contribution in [0.25, 0.3) is 0 Å². The highest BCUT2D eigenvalue weighted by molar-refractivity contribution is 5.76. The van der Waals surface area contributed by atoms with Gasteiger partial charge in [0.05, 0.1) is 25.4 Å². The van der Waals surface area contributed by atoms with Crippen LogP contribution < -0.4 is 5.32 Å². The van der Waals surface area contributed by atoms with E-state index >= 15 is 0 Å². The minimum Gasteiger partial charge on any atom is -0.466 e. The Morgan fingerprint density at radius 3 is 0.947 bits per heavy atom. The summed E-state index contributed by atoms with van der Waals surface area (Å²) in [6.07, 6.45) is 79.6. The van der Waals surface area contributed by atoms with Crippen molar-refractivity contribution in [3.8, 4) is 0 Å². The van der Waals surface area contributed by atoms with Crippen molar-refractivity contribution in [1.29, 1.82) is 0 Å². The van der Waals surface area contributed by atoms with Gasteiger partial charge in [0.2, 0.25) is 5.91 Å². The Balaban J connectivity index is 3.38. The summed E-state index contributed by atoms with van der Waals surface area (Å²) in [5, 5.41) is 23.4. The number of nitrogens with one attached hydrogen (secondary N) is 1. The first-order valence-electron chi connectivity index (χ1n) is 34.4. The van der Waals surface area contributed by atoms with E-state index in [0.29, 0.717) is 25.9 Å². The first-order valence-corrected chi connectivity index (χ1v) is 34.4. The zero-order chi connectivity index (χ0) is 54.3. The number of rotatable bonds is 65. The Labute approximate surface area is 469 Å². The van der Waals surface area contributed by atoms with Gasteiger partial charge in [0.15, 0.2) is 0 Å². The number of aliphatic hydroxyl groups excluding tert-OH is 2. The molecule has 0 aliphatic heterocycles. The molecule has 446 valence electrons. The number of ether oxygens (including phenoxy) is 1. The van der Waals surface area contributed by atoms with Crippen molar-refractivity contribution in [2.45, 2.75) is 405 Å². The van der Waals surface area contributed by atoms with Gasteiger partial charge in [-0.2, -0.15) is 0 Å². The fourth-order valence-corrected chi connectivity index (χ4v) is 11.1. The van der Waals surface area contributed by atoms with Gasteiger partial charge >= 0.3 is 5.97 Å². The molecule has 0 aromatic heterocycles. The van der Waals surface area contributed by atoms with Crippen molar-refractivity contribution in [2.24, 2.45) is 0 Å². The molecule has 1 amide bonds. The average Bonchev–Trinajstić information content (AvgIpc) is 3.41. The van der Waals surface area contributed by atoms with Gasteiger partial charge in [-0.25, -0.2) is 0 Å². The number of carbonyl (C=O) groups excluding carboxylic acids is 2. The molecule has 0 aromatic carbocycles. The lowest BCUT2D eigenvalue weighted by molar-refractivity contribution is -0.143. The summed E-state index contributed by atoms with van der Waals surface area (Å²) in [5.41, 5.74) is 0. The van der Waals surface area contributed by atoms with Crippen LogP contribution in [-0.4, -0.2) is 47.4 Å². The van der Waals surface area contributed by atoms with Crippen LogP contribution in [0.4, 0.5) is 0 Å². The van der Waals surface area contributed by atoms with Gasteiger partial charge < -0.3 is 20.3 Å². The maximum atomic E-state index is 12.5. The molecule has 0 aliphatic carbocycles. The van der Waals surface area contributed by atoms with Gasteiger partial charge in [-0.1, -0.05) is 341 Å². The molecule has 0 aliphatic rings. The van der Waals surface area contributed by atoms with Crippen LogP contribution in [0.5, 0.6) is 0 Å². The summed E-state index contributed by atoms with van der Waals surface area (Å²) in [5.74, 6) is -0.0264. The van der Waals surface area contributed by atoms with E-state index in [-0.39, 0.29) is 18.5 Å². The molecule has 6 heteroatoms. The molecular weight excluding hydrogens is 923 g/mol. The number of aliphatic hydroxyl groups is 2. The highest BCUT2D eigenvalue weighted by atomic mass is 16.5. The Morgan fingerprint density at radius 1 is 0.360 bits per heavy atom. The van der Waals surface area contributed by atoms with Crippen molar-refractivity contribution < 1.29 is 24.5 Å². The lowest BCUT2D eigenvalue weighted by atomic mass is 10.0. The zero-order valence-corrected chi connectivity index (χ0v) is 51.1. The van der Waals surface area contributed by atoms with E-state index in [0.717, 1.165) is 44.9 Å². The molecule has 2 unspecified atom stereocenters. The summed E-state index contributed by atoms with van der Waals surface area (Å²) in [6.45, 7) is 4.98. The van der Waals surface area contributed by atoms with Gasteiger partial charge in [0.25, 0.3) is 0 Å². The smallest absolute Gasteiger partial charge is 0.305 e. The SMILES string of the molecule is CCCCCCC/C=C\CCCCCCCC(=O)OCCCCCCCCCCCCCCCCCCCCCCCC(=O)NC(CO)C(O)CCCCCCCCCCCCCCCCCCCCCCCCC. The third kappa shape index (κ3) is 61.7. The van der Waals surface area contributed by atoms with Gasteiger partial charge in [-0.3, -0.25) is 9.59 Å². The van der Waals surface area contributed by atoms with Crippen LogP contribution >= 0.6 is 0 Å². The largest absolute Gasteiger partial charge is 0.466 e. The van der Waals surface area contributed by atoms with E-state index in [9.17, 15) is 19.8 Å². The first-order chi connectivity index (χ1) is 37.0. The Kier molecular flexibility index (Phi) is 63.9. The van der Waals surface area contributed by atoms with Crippen LogP contribution in [0.1, 0.15) is 393 Å². The van der Waals surface area contributed by atoms with Crippen LogP contribution in [0.15, 0.2) is 12.2 Å². The topological polar surface area (TPSA) is 95.9 Å². The molecule has 2 atom stereocenters. The number of unbranched alkanes of at least 4 members (excludes halogenated alkanes) is 52. The third-order valence-corrected chi connectivity index (χ3v) is 16.3. The van der Waals surface area contributed by atoms with E-state index < -0.39 is 12.1 Å². The lowest BCUT2D eigenvalue weighted by Crippen LogP contribution is -2.45. The first kappa shape index (κ1) is 73.6. The highest BCUT2D eigenvalue weighted by Crippen LogP contribution is 2.19. The minimum atomic E-state index is -0.666. The average molecular weight is 1060 g/mol. The van der Waals surface area contributed by atoms with E-state index in [4.69, 9.17) is 4.74 Å². The quantitative estimate of drug-likeness (QED) is 0.0320. The summed E-state index contributed by atoms with van der Waals surface area (Å²) in [6, 6.07) is -0.543. The van der Waals surface area contributed by atoms with Gasteiger partial charge in [-0.15, -0.1) is 0 Å². The highest BCUT2D eigenvalue weighted by Gasteiger charge is 2.20. The molecule has 3 N–H and O–H groups in total. The minimum absolute atomic E-state index is 0.00470. The molecule has 6 nitrogen and oxygen atoms in total. The standard InChI is InChI=1S/C69H135NO5/c1-3-5-7-9-11-13-15-17-19-20-21-22-23-25-28-31-34-37-41-45-49-53-57-61-67(72)66(65-71)70-68(73)62-58-54-50-46-42-38-35-32-29-26-24-27-30-33-36-40-44-48-52-56-60-64-75-69(74)63-59-55-51-47-43-39-18-16-14-12-10-8-6-4-2/h16,18,66-67,71-72H,3-15,17,19-65H2,1-2H3,(H,70,73)/b18-16-. The third-order valence-electron chi connectivity index (χ3n) is 16.3. The monoisotopic (exact) mass is 1060 g/mol. The molecule has 0 fully saturated rings. The number of hydrogen-bond acceptors (Lipinski definition) is 5. The number of carbonyl (C=O) groups is 2. The molecular formula is C69H135NO5. The number of esters is 1. The van der Waals surface area contributed by atoms with Crippen molar-refractivity contribution in [1.82, 2.24) is 5.32 Å². The second-order valence-corrected chi connectivity index (χ2v) is 23.9. The molecule has 0 bridgehead atoms. The fraction of sp³-hybridized carbons (Fsp3) is 0.942. The molecule has 75 heavy (non-hydrogen) atoms. The van der Waals surface area contributed by atoms with Gasteiger partial charge in [0.1, 0.15) is 0 Å². The molecule has 0 saturated heterocycles. The summed E-state index contributed by atoms with van der Waals surface area (Å²) < 4.78 is 5.48. The van der Waals surface area contributed by atoms with E-state index in [2.05, 4.69) is 31.3 Å². The van der Waals surface area contributed by atoms with Crippen LogP contribution in [0.3, 0.4) is 0 Å². The summed E-state index contributed by atoms with van der Waals surface area (Å²) >= 11 is 0.